The molecular formula is C17H23N5O2S. The zero-order valence-electron chi connectivity index (χ0n) is 14.3. The molecule has 0 saturated carbocycles. The molecule has 25 heavy (non-hydrogen) atoms. The fourth-order valence-corrected chi connectivity index (χ4v) is 5.99. The van der Waals surface area contributed by atoms with Gasteiger partial charge in [0.05, 0.1) is 18.1 Å². The lowest BCUT2D eigenvalue weighted by Crippen LogP contribution is -2.58. The summed E-state index contributed by atoms with van der Waals surface area (Å²) in [7, 11) is -1.02. The van der Waals surface area contributed by atoms with Gasteiger partial charge in [-0.2, -0.15) is 0 Å². The van der Waals surface area contributed by atoms with Gasteiger partial charge in [-0.25, -0.2) is 13.4 Å². The van der Waals surface area contributed by atoms with E-state index >= 15 is 0 Å². The monoisotopic (exact) mass is 361 g/mol. The summed E-state index contributed by atoms with van der Waals surface area (Å²) in [5, 5.41) is 0. The molecule has 8 heteroatoms. The lowest BCUT2D eigenvalue weighted by atomic mass is 10.0. The number of piperazine rings is 1. The smallest absolute Gasteiger partial charge is 0.153 e. The molecule has 4 heterocycles. The molecule has 0 bridgehead atoms. The number of hydrogen-bond donors (Lipinski definition) is 0. The van der Waals surface area contributed by atoms with Crippen LogP contribution in [0.4, 0.5) is 0 Å². The van der Waals surface area contributed by atoms with E-state index in [1.807, 2.05) is 29.9 Å². The van der Waals surface area contributed by atoms with Gasteiger partial charge in [0.15, 0.2) is 9.84 Å². The van der Waals surface area contributed by atoms with Crippen molar-refractivity contribution in [2.75, 3.05) is 24.6 Å². The van der Waals surface area contributed by atoms with Crippen molar-refractivity contribution >= 4 is 9.84 Å². The Morgan fingerprint density at radius 3 is 2.28 bits per heavy atom. The molecule has 0 spiro atoms. The minimum atomic E-state index is -3.00. The molecule has 0 aromatic carbocycles. The van der Waals surface area contributed by atoms with Crippen molar-refractivity contribution in [2.24, 2.45) is 7.05 Å². The Hall–Kier alpha value is -1.77. The summed E-state index contributed by atoms with van der Waals surface area (Å²) in [6.07, 6.45) is 7.29. The molecule has 7 nitrogen and oxygen atoms in total. The number of hydrogen-bond acceptors (Lipinski definition) is 6. The van der Waals surface area contributed by atoms with Gasteiger partial charge in [-0.05, 0) is 17.7 Å². The van der Waals surface area contributed by atoms with Crippen LogP contribution in [0.15, 0.2) is 36.9 Å². The Morgan fingerprint density at radius 1 is 1.04 bits per heavy atom. The molecule has 0 amide bonds. The summed E-state index contributed by atoms with van der Waals surface area (Å²) >= 11 is 0. The molecule has 2 aromatic heterocycles. The molecule has 134 valence electrons. The first-order valence-corrected chi connectivity index (χ1v) is 10.4. The van der Waals surface area contributed by atoms with Crippen molar-refractivity contribution in [1.29, 1.82) is 0 Å². The first-order valence-electron chi connectivity index (χ1n) is 8.55. The van der Waals surface area contributed by atoms with E-state index in [2.05, 4.69) is 19.8 Å². The average Bonchev–Trinajstić information content (AvgIpc) is 3.13. The summed E-state index contributed by atoms with van der Waals surface area (Å²) in [6, 6.07) is 4.08. The topological polar surface area (TPSA) is 71.3 Å². The van der Waals surface area contributed by atoms with Crippen LogP contribution in [0.2, 0.25) is 0 Å². The maximum Gasteiger partial charge on any atom is 0.153 e. The predicted octanol–water partition coefficient (Wildman–Crippen LogP) is 0.299. The van der Waals surface area contributed by atoms with Gasteiger partial charge in [0.1, 0.15) is 5.82 Å². The normalized spacial score (nSPS) is 26.6. The van der Waals surface area contributed by atoms with Crippen LogP contribution < -0.4 is 0 Å². The Labute approximate surface area is 148 Å². The first-order chi connectivity index (χ1) is 12.0. The number of fused-ring (bicyclic) bond motifs is 1. The Morgan fingerprint density at radius 2 is 1.68 bits per heavy atom. The van der Waals surface area contributed by atoms with E-state index in [1.165, 1.54) is 5.56 Å². The van der Waals surface area contributed by atoms with E-state index in [1.54, 1.807) is 18.6 Å². The largest absolute Gasteiger partial charge is 0.337 e. The van der Waals surface area contributed by atoms with Crippen molar-refractivity contribution in [3.63, 3.8) is 0 Å². The fourth-order valence-electron chi connectivity index (χ4n) is 3.94. The van der Waals surface area contributed by atoms with Gasteiger partial charge in [0.25, 0.3) is 0 Å². The summed E-state index contributed by atoms with van der Waals surface area (Å²) in [5.74, 6) is 1.47. The van der Waals surface area contributed by atoms with E-state index in [4.69, 9.17) is 0 Å². The highest BCUT2D eigenvalue weighted by atomic mass is 32.2. The Balaban J connectivity index is 1.54. The van der Waals surface area contributed by atoms with E-state index in [9.17, 15) is 8.42 Å². The molecule has 0 radical (unpaired) electrons. The number of sulfone groups is 1. The van der Waals surface area contributed by atoms with Crippen molar-refractivity contribution < 1.29 is 8.42 Å². The zero-order valence-corrected chi connectivity index (χ0v) is 15.1. The Bertz CT molecular complexity index is 836. The SMILES string of the molecule is Cn1ccnc1CN1CCN(Cc2ccncc2)[C@@H]2CS(=O)(=O)C[C@@H]21. The highest BCUT2D eigenvalue weighted by molar-refractivity contribution is 7.91. The fraction of sp³-hybridized carbons (Fsp3) is 0.529. The molecule has 0 unspecified atom stereocenters. The van der Waals surface area contributed by atoms with Gasteiger partial charge in [-0.3, -0.25) is 14.8 Å². The predicted molar refractivity (Wildman–Crippen MR) is 94.5 cm³/mol. The van der Waals surface area contributed by atoms with E-state index in [-0.39, 0.29) is 23.6 Å². The third kappa shape index (κ3) is 3.47. The first kappa shape index (κ1) is 16.7. The van der Waals surface area contributed by atoms with Gasteiger partial charge in [-0.15, -0.1) is 0 Å². The van der Waals surface area contributed by atoms with Crippen LogP contribution in [0.25, 0.3) is 0 Å². The van der Waals surface area contributed by atoms with Crippen molar-refractivity contribution in [3.8, 4) is 0 Å². The Kier molecular flexibility index (Phi) is 4.35. The number of nitrogens with zero attached hydrogens (tertiary/aromatic N) is 5. The molecular weight excluding hydrogens is 338 g/mol. The molecule has 2 fully saturated rings. The highest BCUT2D eigenvalue weighted by Crippen LogP contribution is 2.29. The van der Waals surface area contributed by atoms with Crippen LogP contribution in [-0.4, -0.2) is 69.4 Å². The van der Waals surface area contributed by atoms with E-state index in [0.717, 1.165) is 25.5 Å². The van der Waals surface area contributed by atoms with Gasteiger partial charge in [0, 0.05) is 63.6 Å². The second kappa shape index (κ2) is 6.51. The molecule has 2 aromatic rings. The van der Waals surface area contributed by atoms with Gasteiger partial charge >= 0.3 is 0 Å². The van der Waals surface area contributed by atoms with Crippen LogP contribution in [0.3, 0.4) is 0 Å². The molecule has 2 saturated heterocycles. The van der Waals surface area contributed by atoms with E-state index in [0.29, 0.717) is 6.54 Å². The number of pyridine rings is 1. The van der Waals surface area contributed by atoms with E-state index < -0.39 is 9.84 Å². The molecule has 0 N–H and O–H groups in total. The van der Waals surface area contributed by atoms with Crippen LogP contribution in [-0.2, 0) is 30.0 Å². The average molecular weight is 361 g/mol. The number of aromatic nitrogens is 3. The number of aryl methyl sites for hydroxylation is 1. The number of rotatable bonds is 4. The molecule has 2 aliphatic heterocycles. The van der Waals surface area contributed by atoms with Crippen molar-refractivity contribution in [1.82, 2.24) is 24.3 Å². The second-order valence-corrected chi connectivity index (χ2v) is 9.12. The standard InChI is InChI=1S/C17H23N5O2S/c1-20-7-6-19-17(20)11-22-9-8-21(10-14-2-4-18-5-3-14)15-12-25(23,24)13-16(15)22/h2-7,15-16H,8-13H2,1H3/t15-,16+/m1/s1. The van der Waals surface area contributed by atoms with Crippen molar-refractivity contribution in [2.45, 2.75) is 25.2 Å². The maximum absolute atomic E-state index is 12.3. The van der Waals surface area contributed by atoms with Gasteiger partial charge in [0.2, 0.25) is 0 Å². The second-order valence-electron chi connectivity index (χ2n) is 6.96. The molecule has 4 rings (SSSR count). The minimum Gasteiger partial charge on any atom is -0.337 e. The van der Waals surface area contributed by atoms with Crippen LogP contribution in [0.1, 0.15) is 11.4 Å². The van der Waals surface area contributed by atoms with Crippen LogP contribution in [0.5, 0.6) is 0 Å². The number of imidazole rings is 1. The van der Waals surface area contributed by atoms with Crippen molar-refractivity contribution in [3.05, 3.63) is 48.3 Å². The lowest BCUT2D eigenvalue weighted by Gasteiger charge is -2.43. The van der Waals surface area contributed by atoms with Gasteiger partial charge in [-0.1, -0.05) is 0 Å². The minimum absolute atomic E-state index is 0.0392. The maximum atomic E-state index is 12.3. The van der Waals surface area contributed by atoms with Gasteiger partial charge < -0.3 is 4.57 Å². The van der Waals surface area contributed by atoms with Crippen LogP contribution >= 0.6 is 0 Å². The summed E-state index contributed by atoms with van der Waals surface area (Å²) in [5.41, 5.74) is 1.18. The lowest BCUT2D eigenvalue weighted by molar-refractivity contribution is 0.0335. The summed E-state index contributed by atoms with van der Waals surface area (Å²) in [6.45, 7) is 3.19. The molecule has 2 aliphatic rings. The highest BCUT2D eigenvalue weighted by Gasteiger charge is 2.46. The third-order valence-corrected chi connectivity index (χ3v) is 7.01. The summed E-state index contributed by atoms with van der Waals surface area (Å²) < 4.78 is 26.7. The molecule has 2 atom stereocenters. The quantitative estimate of drug-likeness (QED) is 0.780. The third-order valence-electron chi connectivity index (χ3n) is 5.31. The molecule has 0 aliphatic carbocycles. The zero-order chi connectivity index (χ0) is 17.4. The van der Waals surface area contributed by atoms with Crippen LogP contribution in [0, 0.1) is 0 Å². The summed E-state index contributed by atoms with van der Waals surface area (Å²) in [4.78, 5) is 13.1.